The molecule has 9 nitrogen and oxygen atoms in total. The maximum absolute atomic E-state index is 11.7. The molecule has 242 valence electrons. The van der Waals surface area contributed by atoms with Gasteiger partial charge in [-0.05, 0) is 52.9 Å². The number of carbonyl (C=O) groups excluding carboxylic acids is 2. The van der Waals surface area contributed by atoms with Gasteiger partial charge in [0, 0.05) is 36.2 Å². The van der Waals surface area contributed by atoms with Crippen LogP contribution in [0.3, 0.4) is 0 Å². The van der Waals surface area contributed by atoms with Crippen molar-refractivity contribution in [3.8, 4) is 45.9 Å². The quantitative estimate of drug-likeness (QED) is 0.109. The van der Waals surface area contributed by atoms with Crippen molar-refractivity contribution in [2.75, 3.05) is 14.2 Å². The Hall–Kier alpha value is -5.85. The van der Waals surface area contributed by atoms with Gasteiger partial charge in [0.2, 0.25) is 0 Å². The maximum Gasteiger partial charge on any atom is 0.157 e. The number of hydrogen-bond acceptors (Lipinski definition) is 9. The van der Waals surface area contributed by atoms with Gasteiger partial charge in [-0.1, -0.05) is 48.0 Å². The van der Waals surface area contributed by atoms with Gasteiger partial charge >= 0.3 is 0 Å². The SMILES string of the molecule is COc1cc(OCc2cccc(-c3cccc(COc4cc(OCc5cncc(C#N)c5)c(C=O)cc4Cl)c3C)c2)cc(OC)c1C=O. The molecule has 0 spiro atoms. The van der Waals surface area contributed by atoms with Gasteiger partial charge in [0.15, 0.2) is 12.6 Å². The number of aldehydes is 2. The summed E-state index contributed by atoms with van der Waals surface area (Å²) >= 11 is 6.48. The summed E-state index contributed by atoms with van der Waals surface area (Å²) in [4.78, 5) is 27.3. The lowest BCUT2D eigenvalue weighted by Gasteiger charge is -2.16. The summed E-state index contributed by atoms with van der Waals surface area (Å²) in [5, 5.41) is 9.41. The number of aromatic nitrogens is 1. The Morgan fingerprint density at radius 3 is 2.21 bits per heavy atom. The molecule has 1 heterocycles. The first-order valence-corrected chi connectivity index (χ1v) is 15.1. The Kier molecular flexibility index (Phi) is 10.9. The van der Waals surface area contributed by atoms with Crippen LogP contribution >= 0.6 is 11.6 Å². The molecule has 10 heteroatoms. The van der Waals surface area contributed by atoms with E-state index in [1.165, 1.54) is 26.5 Å². The zero-order chi connectivity index (χ0) is 34.0. The van der Waals surface area contributed by atoms with Gasteiger partial charge < -0.3 is 23.7 Å². The molecular formula is C38H31ClN2O7. The zero-order valence-electron chi connectivity index (χ0n) is 26.5. The van der Waals surface area contributed by atoms with Crippen molar-refractivity contribution in [2.45, 2.75) is 26.7 Å². The molecule has 0 aliphatic carbocycles. The molecule has 0 N–H and O–H groups in total. The first-order chi connectivity index (χ1) is 23.4. The summed E-state index contributed by atoms with van der Waals surface area (Å²) in [5.41, 5.74) is 6.62. The highest BCUT2D eigenvalue weighted by Gasteiger charge is 2.15. The largest absolute Gasteiger partial charge is 0.496 e. The molecule has 0 aliphatic rings. The van der Waals surface area contributed by atoms with Crippen LogP contribution in [0.2, 0.25) is 5.02 Å². The van der Waals surface area contributed by atoms with E-state index in [0.717, 1.165) is 27.8 Å². The van der Waals surface area contributed by atoms with Crippen LogP contribution in [0.15, 0.2) is 85.2 Å². The van der Waals surface area contributed by atoms with Crippen LogP contribution in [0, 0.1) is 18.3 Å². The molecule has 5 rings (SSSR count). The second-order valence-electron chi connectivity index (χ2n) is 10.6. The Balaban J connectivity index is 1.30. The number of carbonyl (C=O) groups is 2. The normalized spacial score (nSPS) is 10.5. The van der Waals surface area contributed by atoms with E-state index in [2.05, 4.69) is 11.1 Å². The van der Waals surface area contributed by atoms with Crippen LogP contribution in [0.1, 0.15) is 48.5 Å². The summed E-state index contributed by atoms with van der Waals surface area (Å²) in [7, 11) is 2.97. The van der Waals surface area contributed by atoms with E-state index in [9.17, 15) is 9.59 Å². The van der Waals surface area contributed by atoms with E-state index in [1.807, 2.05) is 49.4 Å². The van der Waals surface area contributed by atoms with Crippen molar-refractivity contribution in [3.63, 3.8) is 0 Å². The third-order valence-corrected chi connectivity index (χ3v) is 7.91. The minimum atomic E-state index is 0.102. The van der Waals surface area contributed by atoms with Crippen LogP contribution < -0.4 is 23.7 Å². The third kappa shape index (κ3) is 7.74. The number of nitriles is 1. The Morgan fingerprint density at radius 1 is 0.771 bits per heavy atom. The van der Waals surface area contributed by atoms with E-state index in [1.54, 1.807) is 30.5 Å². The number of methoxy groups -OCH3 is 2. The van der Waals surface area contributed by atoms with Gasteiger partial charge in [0.05, 0.1) is 35.9 Å². The van der Waals surface area contributed by atoms with Gasteiger partial charge in [0.1, 0.15) is 54.6 Å². The molecule has 0 saturated carbocycles. The average Bonchev–Trinajstić information content (AvgIpc) is 3.12. The summed E-state index contributed by atoms with van der Waals surface area (Å²) in [5.74, 6) is 1.90. The Morgan fingerprint density at radius 2 is 1.50 bits per heavy atom. The molecule has 5 aromatic rings. The van der Waals surface area contributed by atoms with E-state index in [0.29, 0.717) is 58.0 Å². The van der Waals surface area contributed by atoms with Crippen LogP contribution in [-0.4, -0.2) is 31.8 Å². The molecule has 0 radical (unpaired) electrons. The number of rotatable bonds is 14. The smallest absolute Gasteiger partial charge is 0.157 e. The van der Waals surface area contributed by atoms with E-state index in [-0.39, 0.29) is 30.4 Å². The van der Waals surface area contributed by atoms with Crippen LogP contribution in [-0.2, 0) is 19.8 Å². The molecule has 0 atom stereocenters. The van der Waals surface area contributed by atoms with E-state index < -0.39 is 0 Å². The highest BCUT2D eigenvalue weighted by atomic mass is 35.5. The molecule has 0 fully saturated rings. The minimum absolute atomic E-state index is 0.102. The van der Waals surface area contributed by atoms with Gasteiger partial charge in [0.25, 0.3) is 0 Å². The number of ether oxygens (including phenoxy) is 5. The first kappa shape index (κ1) is 33.5. The molecule has 0 aliphatic heterocycles. The lowest BCUT2D eigenvalue weighted by Crippen LogP contribution is -2.03. The first-order valence-electron chi connectivity index (χ1n) is 14.8. The minimum Gasteiger partial charge on any atom is -0.496 e. The van der Waals surface area contributed by atoms with Gasteiger partial charge in [-0.15, -0.1) is 0 Å². The van der Waals surface area contributed by atoms with Crippen LogP contribution in [0.25, 0.3) is 11.1 Å². The maximum atomic E-state index is 11.7. The van der Waals surface area contributed by atoms with Crippen molar-refractivity contribution in [3.05, 3.63) is 129 Å². The summed E-state index contributed by atoms with van der Waals surface area (Å²) in [6.45, 7) is 2.63. The summed E-state index contributed by atoms with van der Waals surface area (Å²) in [6, 6.07) is 24.1. The van der Waals surface area contributed by atoms with Gasteiger partial charge in [-0.3, -0.25) is 14.6 Å². The van der Waals surface area contributed by atoms with Crippen molar-refractivity contribution in [1.29, 1.82) is 5.26 Å². The monoisotopic (exact) mass is 662 g/mol. The summed E-state index contributed by atoms with van der Waals surface area (Å²) in [6.07, 6.45) is 4.41. The molecular weight excluding hydrogens is 632 g/mol. The van der Waals surface area contributed by atoms with E-state index in [4.69, 9.17) is 40.5 Å². The number of pyridine rings is 1. The number of nitrogens with zero attached hydrogens (tertiary/aromatic N) is 2. The highest BCUT2D eigenvalue weighted by Crippen LogP contribution is 2.35. The fraction of sp³-hybridized carbons (Fsp3) is 0.158. The average molecular weight is 663 g/mol. The molecule has 1 aromatic heterocycles. The van der Waals surface area contributed by atoms with Crippen molar-refractivity contribution in [2.24, 2.45) is 0 Å². The molecule has 0 bridgehead atoms. The Labute approximate surface area is 283 Å². The lowest BCUT2D eigenvalue weighted by molar-refractivity contribution is 0.111. The number of hydrogen-bond donors (Lipinski definition) is 0. The summed E-state index contributed by atoms with van der Waals surface area (Å²) < 4.78 is 28.8. The second-order valence-corrected chi connectivity index (χ2v) is 11.1. The van der Waals surface area contributed by atoms with E-state index >= 15 is 0 Å². The third-order valence-electron chi connectivity index (χ3n) is 7.62. The van der Waals surface area contributed by atoms with Crippen molar-refractivity contribution < 1.29 is 33.3 Å². The molecule has 0 unspecified atom stereocenters. The lowest BCUT2D eigenvalue weighted by atomic mass is 9.95. The number of benzene rings is 4. The standard InChI is InChI=1S/C38H31ClN2O7/c1-24-29(23-48-38-15-35(30(19-42)12-34(38)39)47-22-27-10-26(16-40)17-41-18-27)8-5-9-32(24)28-7-4-6-25(11-28)21-46-31-13-36(44-2)33(20-43)37(14-31)45-3/h4-15,17-20H,21-23H2,1-3H3. The van der Waals surface area contributed by atoms with Gasteiger partial charge in [-0.25, -0.2) is 0 Å². The van der Waals surface area contributed by atoms with Crippen LogP contribution in [0.5, 0.6) is 28.7 Å². The van der Waals surface area contributed by atoms with Crippen molar-refractivity contribution >= 4 is 24.2 Å². The predicted molar refractivity (Wildman–Crippen MR) is 180 cm³/mol. The zero-order valence-corrected chi connectivity index (χ0v) is 27.2. The van der Waals surface area contributed by atoms with Gasteiger partial charge in [-0.2, -0.15) is 5.26 Å². The fourth-order valence-electron chi connectivity index (χ4n) is 5.08. The van der Waals surface area contributed by atoms with Crippen LogP contribution in [0.4, 0.5) is 0 Å². The number of halogens is 1. The highest BCUT2D eigenvalue weighted by molar-refractivity contribution is 6.32. The predicted octanol–water partition coefficient (Wildman–Crippen LogP) is 7.96. The second kappa shape index (κ2) is 15.6. The fourth-order valence-corrected chi connectivity index (χ4v) is 5.31. The van der Waals surface area contributed by atoms with Crippen molar-refractivity contribution in [1.82, 2.24) is 4.98 Å². The molecule has 48 heavy (non-hydrogen) atoms. The topological polar surface area (TPSA) is 117 Å². The molecule has 0 saturated heterocycles. The molecule has 0 amide bonds. The molecule has 4 aromatic carbocycles. The Bertz CT molecular complexity index is 1980.